The summed E-state index contributed by atoms with van der Waals surface area (Å²) in [6, 6.07) is 20.4. The molecular formula is C21H20N4O. The smallest absolute Gasteiger partial charge is 0.235 e. The molecule has 0 bridgehead atoms. The molecule has 0 radical (unpaired) electrons. The largest absolute Gasteiger partial charge is 0.497 e. The monoisotopic (exact) mass is 344 g/mol. The van der Waals surface area contributed by atoms with Gasteiger partial charge in [-0.3, -0.25) is 4.40 Å². The molecule has 5 heteroatoms. The second-order valence-electron chi connectivity index (χ2n) is 6.15. The molecule has 0 fully saturated rings. The molecule has 0 N–H and O–H groups in total. The maximum atomic E-state index is 5.23. The van der Waals surface area contributed by atoms with Gasteiger partial charge >= 0.3 is 0 Å². The number of hydrogen-bond donors (Lipinski definition) is 0. The highest BCUT2D eigenvalue weighted by molar-refractivity contribution is 5.65. The van der Waals surface area contributed by atoms with Crippen LogP contribution >= 0.6 is 0 Å². The van der Waals surface area contributed by atoms with Gasteiger partial charge in [-0.2, -0.15) is 0 Å². The highest BCUT2D eigenvalue weighted by Gasteiger charge is 2.13. The number of rotatable bonds is 5. The molecule has 130 valence electrons. The van der Waals surface area contributed by atoms with Gasteiger partial charge in [-0.05, 0) is 29.3 Å². The Hall–Kier alpha value is -3.34. The van der Waals surface area contributed by atoms with Crippen LogP contribution in [0, 0.1) is 0 Å². The number of imidazole rings is 1. The quantitative estimate of drug-likeness (QED) is 0.548. The Kier molecular flexibility index (Phi) is 4.27. The molecule has 2 heterocycles. The van der Waals surface area contributed by atoms with E-state index in [1.54, 1.807) is 13.3 Å². The molecule has 2 aromatic carbocycles. The average molecular weight is 344 g/mol. The van der Waals surface area contributed by atoms with Crippen molar-refractivity contribution in [2.45, 2.75) is 6.54 Å². The zero-order valence-corrected chi connectivity index (χ0v) is 14.8. The number of benzene rings is 2. The Bertz CT molecular complexity index is 1010. The van der Waals surface area contributed by atoms with E-state index in [9.17, 15) is 0 Å². The summed E-state index contributed by atoms with van der Waals surface area (Å²) in [6.45, 7) is 0.765. The SMILES string of the molecule is COc1ccc(CN(C)c2cnc3nccc(-c4ccccc4)n23)cc1. The number of methoxy groups -OCH3 is 1. The van der Waals surface area contributed by atoms with Gasteiger partial charge in [-0.25, -0.2) is 9.97 Å². The van der Waals surface area contributed by atoms with Crippen molar-refractivity contribution in [3.63, 3.8) is 0 Å². The van der Waals surface area contributed by atoms with E-state index in [2.05, 4.69) is 50.6 Å². The van der Waals surface area contributed by atoms with Crippen LogP contribution in [0.25, 0.3) is 17.0 Å². The van der Waals surface area contributed by atoms with E-state index in [1.807, 2.05) is 42.6 Å². The van der Waals surface area contributed by atoms with Gasteiger partial charge in [0, 0.05) is 19.8 Å². The summed E-state index contributed by atoms with van der Waals surface area (Å²) in [7, 11) is 3.74. The standard InChI is InChI=1S/C21H20N4O/c1-24(15-16-8-10-18(26-2)11-9-16)20-14-23-21-22-13-12-19(25(20)21)17-6-4-3-5-7-17/h3-14H,15H2,1-2H3. The van der Waals surface area contributed by atoms with Gasteiger partial charge in [0.1, 0.15) is 11.6 Å². The third-order valence-corrected chi connectivity index (χ3v) is 4.43. The van der Waals surface area contributed by atoms with Gasteiger partial charge in [0.2, 0.25) is 5.78 Å². The first-order valence-electron chi connectivity index (χ1n) is 8.48. The molecular weight excluding hydrogens is 324 g/mol. The lowest BCUT2D eigenvalue weighted by atomic mass is 10.1. The lowest BCUT2D eigenvalue weighted by molar-refractivity contribution is 0.414. The summed E-state index contributed by atoms with van der Waals surface area (Å²) in [5.41, 5.74) is 3.41. The van der Waals surface area contributed by atoms with Crippen LogP contribution in [-0.4, -0.2) is 28.5 Å². The van der Waals surface area contributed by atoms with Gasteiger partial charge in [0.15, 0.2) is 0 Å². The molecule has 0 spiro atoms. The van der Waals surface area contributed by atoms with E-state index >= 15 is 0 Å². The fraction of sp³-hybridized carbons (Fsp3) is 0.143. The highest BCUT2D eigenvalue weighted by Crippen LogP contribution is 2.25. The van der Waals surface area contributed by atoms with Gasteiger partial charge in [0.05, 0.1) is 19.0 Å². The Morgan fingerprint density at radius 1 is 0.962 bits per heavy atom. The second kappa shape index (κ2) is 6.88. The van der Waals surface area contributed by atoms with E-state index in [-0.39, 0.29) is 0 Å². The predicted molar refractivity (Wildman–Crippen MR) is 104 cm³/mol. The van der Waals surface area contributed by atoms with E-state index in [0.29, 0.717) is 5.78 Å². The van der Waals surface area contributed by atoms with Crippen LogP contribution in [0.15, 0.2) is 73.1 Å². The molecule has 4 rings (SSSR count). The predicted octanol–water partition coefficient (Wildman–Crippen LogP) is 4.04. The van der Waals surface area contributed by atoms with Gasteiger partial charge in [-0.1, -0.05) is 42.5 Å². The summed E-state index contributed by atoms with van der Waals surface area (Å²) >= 11 is 0. The van der Waals surface area contributed by atoms with E-state index in [1.165, 1.54) is 5.56 Å². The Balaban J connectivity index is 1.72. The summed E-state index contributed by atoms with van der Waals surface area (Å²) in [6.07, 6.45) is 3.68. The summed E-state index contributed by atoms with van der Waals surface area (Å²) < 4.78 is 7.33. The molecule has 0 atom stereocenters. The normalized spacial score (nSPS) is 10.8. The first-order valence-corrected chi connectivity index (χ1v) is 8.48. The Labute approximate surface area is 152 Å². The second-order valence-corrected chi connectivity index (χ2v) is 6.15. The molecule has 0 aliphatic carbocycles. The highest BCUT2D eigenvalue weighted by atomic mass is 16.5. The zero-order chi connectivity index (χ0) is 17.9. The number of aromatic nitrogens is 3. The molecule has 26 heavy (non-hydrogen) atoms. The Morgan fingerprint density at radius 2 is 1.73 bits per heavy atom. The maximum Gasteiger partial charge on any atom is 0.235 e. The van der Waals surface area contributed by atoms with Gasteiger partial charge in [-0.15, -0.1) is 0 Å². The summed E-state index contributed by atoms with van der Waals surface area (Å²) in [4.78, 5) is 11.1. The van der Waals surface area contributed by atoms with Crippen LogP contribution in [0.3, 0.4) is 0 Å². The van der Waals surface area contributed by atoms with Crippen LogP contribution in [0.5, 0.6) is 5.75 Å². The fourth-order valence-electron chi connectivity index (χ4n) is 3.09. The molecule has 5 nitrogen and oxygen atoms in total. The lowest BCUT2D eigenvalue weighted by Gasteiger charge is -2.20. The minimum absolute atomic E-state index is 0.697. The first-order chi connectivity index (χ1) is 12.8. The molecule has 0 unspecified atom stereocenters. The number of fused-ring (bicyclic) bond motifs is 1. The first kappa shape index (κ1) is 16.1. The topological polar surface area (TPSA) is 42.7 Å². The molecule has 4 aromatic rings. The molecule has 0 saturated carbocycles. The third-order valence-electron chi connectivity index (χ3n) is 4.43. The third kappa shape index (κ3) is 2.99. The number of hydrogen-bond acceptors (Lipinski definition) is 4. The van der Waals surface area contributed by atoms with Crippen LogP contribution in [0.4, 0.5) is 5.82 Å². The van der Waals surface area contributed by atoms with Gasteiger partial charge < -0.3 is 9.64 Å². The van der Waals surface area contributed by atoms with Crippen molar-refractivity contribution < 1.29 is 4.74 Å². The number of ether oxygens (including phenoxy) is 1. The zero-order valence-electron chi connectivity index (χ0n) is 14.8. The van der Waals surface area contributed by atoms with E-state index < -0.39 is 0 Å². The van der Waals surface area contributed by atoms with Gasteiger partial charge in [0.25, 0.3) is 0 Å². The molecule has 0 aliphatic rings. The molecule has 0 amide bonds. The van der Waals surface area contributed by atoms with Crippen LogP contribution in [0.1, 0.15) is 5.56 Å². The van der Waals surface area contributed by atoms with Crippen molar-refractivity contribution in [2.24, 2.45) is 0 Å². The van der Waals surface area contributed by atoms with Crippen LogP contribution < -0.4 is 9.64 Å². The summed E-state index contributed by atoms with van der Waals surface area (Å²) in [5.74, 6) is 2.56. The lowest BCUT2D eigenvalue weighted by Crippen LogP contribution is -2.18. The van der Waals surface area contributed by atoms with Crippen molar-refractivity contribution in [1.29, 1.82) is 0 Å². The Morgan fingerprint density at radius 3 is 2.46 bits per heavy atom. The van der Waals surface area contributed by atoms with Crippen molar-refractivity contribution >= 4 is 11.6 Å². The van der Waals surface area contributed by atoms with Crippen molar-refractivity contribution in [1.82, 2.24) is 14.4 Å². The van der Waals surface area contributed by atoms with Crippen LogP contribution in [-0.2, 0) is 6.54 Å². The molecule has 0 aliphatic heterocycles. The summed E-state index contributed by atoms with van der Waals surface area (Å²) in [5, 5.41) is 0. The van der Waals surface area contributed by atoms with Crippen molar-refractivity contribution in [3.8, 4) is 17.0 Å². The average Bonchev–Trinajstić information content (AvgIpc) is 3.13. The van der Waals surface area contributed by atoms with Crippen LogP contribution in [0.2, 0.25) is 0 Å². The van der Waals surface area contributed by atoms with E-state index in [4.69, 9.17) is 4.74 Å². The molecule has 0 saturated heterocycles. The van der Waals surface area contributed by atoms with E-state index in [0.717, 1.165) is 29.4 Å². The molecule has 2 aromatic heterocycles. The minimum atomic E-state index is 0.697. The minimum Gasteiger partial charge on any atom is -0.497 e. The van der Waals surface area contributed by atoms with Crippen molar-refractivity contribution in [2.75, 3.05) is 19.1 Å². The fourth-order valence-corrected chi connectivity index (χ4v) is 3.09. The number of anilines is 1. The number of nitrogens with zero attached hydrogens (tertiary/aromatic N) is 4. The maximum absolute atomic E-state index is 5.23. The van der Waals surface area contributed by atoms with Crippen molar-refractivity contribution in [3.05, 3.63) is 78.6 Å².